The number of ether oxygens (including phenoxy) is 1. The maximum Gasteiger partial charge on any atom is 0.323 e. The van der Waals surface area contributed by atoms with Gasteiger partial charge in [-0.15, -0.1) is 0 Å². The predicted molar refractivity (Wildman–Crippen MR) is 43.0 cm³/mol. The van der Waals surface area contributed by atoms with Crippen LogP contribution in [0.2, 0.25) is 0 Å². The lowest BCUT2D eigenvalue weighted by molar-refractivity contribution is -0.147. The highest BCUT2D eigenvalue weighted by Crippen LogP contribution is 2.01. The van der Waals surface area contributed by atoms with Crippen LogP contribution in [0.25, 0.3) is 0 Å². The Morgan fingerprint density at radius 2 is 2.00 bits per heavy atom. The number of amides is 1. The third-order valence-corrected chi connectivity index (χ3v) is 1.55. The molecule has 1 unspecified atom stereocenters. The Morgan fingerprint density at radius 1 is 1.50 bits per heavy atom. The molecule has 0 saturated heterocycles. The number of carbonyl (C=O) groups is 2. The number of hydrogen-bond donors (Lipinski definition) is 2. The van der Waals surface area contributed by atoms with Crippen LogP contribution in [-0.4, -0.2) is 24.5 Å². The van der Waals surface area contributed by atoms with Crippen LogP contribution in [0, 0.1) is 5.92 Å². The van der Waals surface area contributed by atoms with Crippen molar-refractivity contribution in [3.8, 4) is 0 Å². The zero-order valence-electron chi connectivity index (χ0n) is 7.24. The quantitative estimate of drug-likeness (QED) is 0.534. The topological polar surface area (TPSA) is 95.4 Å². The summed E-state index contributed by atoms with van der Waals surface area (Å²) in [5, 5.41) is 0. The second kappa shape index (κ2) is 4.71. The Bertz CT molecular complexity index is 181. The summed E-state index contributed by atoms with van der Waals surface area (Å²) in [7, 11) is 0. The van der Waals surface area contributed by atoms with E-state index < -0.39 is 23.8 Å². The van der Waals surface area contributed by atoms with Gasteiger partial charge in [0.15, 0.2) is 0 Å². The maximum absolute atomic E-state index is 10.9. The Morgan fingerprint density at radius 3 is 2.33 bits per heavy atom. The maximum atomic E-state index is 10.9. The van der Waals surface area contributed by atoms with Crippen LogP contribution in [0.4, 0.5) is 0 Å². The van der Waals surface area contributed by atoms with Crippen LogP contribution < -0.4 is 11.5 Å². The SMILES string of the molecule is CCOC(=O)[C@@H](N)C(C)C(N)=O. The van der Waals surface area contributed by atoms with Gasteiger partial charge in [0, 0.05) is 0 Å². The second-order valence-corrected chi connectivity index (χ2v) is 2.47. The fourth-order valence-corrected chi connectivity index (χ4v) is 0.620. The van der Waals surface area contributed by atoms with Gasteiger partial charge in [0.2, 0.25) is 5.91 Å². The molecule has 0 aliphatic carbocycles. The number of rotatable bonds is 4. The molecule has 0 radical (unpaired) electrons. The minimum atomic E-state index is -0.956. The first-order valence-corrected chi connectivity index (χ1v) is 3.72. The lowest BCUT2D eigenvalue weighted by Gasteiger charge is -2.14. The van der Waals surface area contributed by atoms with Gasteiger partial charge in [-0.25, -0.2) is 0 Å². The lowest BCUT2D eigenvalue weighted by Crippen LogP contribution is -2.44. The van der Waals surface area contributed by atoms with Crippen LogP contribution in [0.15, 0.2) is 0 Å². The minimum absolute atomic E-state index is 0.248. The molecule has 5 heteroatoms. The van der Waals surface area contributed by atoms with Crippen LogP contribution >= 0.6 is 0 Å². The van der Waals surface area contributed by atoms with Crippen LogP contribution in [0.3, 0.4) is 0 Å². The van der Waals surface area contributed by atoms with Gasteiger partial charge in [-0.1, -0.05) is 6.92 Å². The Hall–Kier alpha value is -1.10. The summed E-state index contributed by atoms with van der Waals surface area (Å²) in [4.78, 5) is 21.5. The van der Waals surface area contributed by atoms with Crippen molar-refractivity contribution in [2.75, 3.05) is 6.61 Å². The van der Waals surface area contributed by atoms with Crippen molar-refractivity contribution in [1.82, 2.24) is 0 Å². The highest BCUT2D eigenvalue weighted by atomic mass is 16.5. The van der Waals surface area contributed by atoms with E-state index >= 15 is 0 Å². The van der Waals surface area contributed by atoms with Crippen molar-refractivity contribution < 1.29 is 14.3 Å². The third kappa shape index (κ3) is 2.87. The molecule has 0 rings (SSSR count). The zero-order chi connectivity index (χ0) is 9.72. The molecular formula is C7H14N2O3. The molecule has 1 amide bonds. The standard InChI is InChI=1S/C7H14N2O3/c1-3-12-7(11)5(8)4(2)6(9)10/h4-5H,3,8H2,1-2H3,(H2,9,10)/t4?,5-/m0/s1. The van der Waals surface area contributed by atoms with E-state index in [1.165, 1.54) is 6.92 Å². The molecule has 0 aromatic carbocycles. The molecule has 2 atom stereocenters. The number of primary amides is 1. The molecule has 5 nitrogen and oxygen atoms in total. The highest BCUT2D eigenvalue weighted by Gasteiger charge is 2.25. The Kier molecular flexibility index (Phi) is 4.28. The van der Waals surface area contributed by atoms with Gasteiger partial charge in [-0.05, 0) is 6.92 Å². The van der Waals surface area contributed by atoms with Crippen molar-refractivity contribution in [3.63, 3.8) is 0 Å². The fourth-order valence-electron chi connectivity index (χ4n) is 0.620. The van der Waals surface area contributed by atoms with Crippen molar-refractivity contribution in [2.24, 2.45) is 17.4 Å². The van der Waals surface area contributed by atoms with E-state index in [0.717, 1.165) is 0 Å². The van der Waals surface area contributed by atoms with Gasteiger partial charge >= 0.3 is 5.97 Å². The highest BCUT2D eigenvalue weighted by molar-refractivity contribution is 5.86. The molecule has 0 bridgehead atoms. The van der Waals surface area contributed by atoms with Gasteiger partial charge in [0.25, 0.3) is 0 Å². The first-order chi connectivity index (χ1) is 5.50. The summed E-state index contributed by atoms with van der Waals surface area (Å²) in [6.07, 6.45) is 0. The first kappa shape index (κ1) is 10.9. The van der Waals surface area contributed by atoms with Gasteiger partial charge in [-0.3, -0.25) is 9.59 Å². The number of carbonyl (C=O) groups excluding carboxylic acids is 2. The number of nitrogens with two attached hydrogens (primary N) is 2. The normalized spacial score (nSPS) is 14.9. The summed E-state index contributed by atoms with van der Waals surface area (Å²) in [6, 6.07) is -0.956. The van der Waals surface area contributed by atoms with E-state index in [4.69, 9.17) is 11.5 Å². The zero-order valence-corrected chi connectivity index (χ0v) is 7.24. The van der Waals surface area contributed by atoms with Crippen molar-refractivity contribution >= 4 is 11.9 Å². The lowest BCUT2D eigenvalue weighted by atomic mass is 10.0. The summed E-state index contributed by atoms with van der Waals surface area (Å²) >= 11 is 0. The number of esters is 1. The van der Waals surface area contributed by atoms with Gasteiger partial charge in [0.1, 0.15) is 6.04 Å². The predicted octanol–water partition coefficient (Wildman–Crippen LogP) is -1.00. The summed E-state index contributed by atoms with van der Waals surface area (Å²) in [5.41, 5.74) is 10.3. The van der Waals surface area contributed by atoms with Gasteiger partial charge < -0.3 is 16.2 Å². The minimum Gasteiger partial charge on any atom is -0.465 e. The molecule has 4 N–H and O–H groups in total. The van der Waals surface area contributed by atoms with Crippen LogP contribution in [0.1, 0.15) is 13.8 Å². The average Bonchev–Trinajstić information content (AvgIpc) is 2.02. The van der Waals surface area contributed by atoms with Crippen LogP contribution in [-0.2, 0) is 14.3 Å². The Labute approximate surface area is 71.0 Å². The van der Waals surface area contributed by atoms with Crippen LogP contribution in [0.5, 0.6) is 0 Å². The molecule has 0 aliphatic heterocycles. The third-order valence-electron chi connectivity index (χ3n) is 1.55. The van der Waals surface area contributed by atoms with Gasteiger partial charge in [0.05, 0.1) is 12.5 Å². The molecular weight excluding hydrogens is 160 g/mol. The molecule has 0 spiro atoms. The van der Waals surface area contributed by atoms with E-state index in [0.29, 0.717) is 0 Å². The average molecular weight is 174 g/mol. The summed E-state index contributed by atoms with van der Waals surface area (Å²) in [5.74, 6) is -1.89. The second-order valence-electron chi connectivity index (χ2n) is 2.47. The van der Waals surface area contributed by atoms with E-state index in [-0.39, 0.29) is 6.61 Å². The van der Waals surface area contributed by atoms with Crippen molar-refractivity contribution in [1.29, 1.82) is 0 Å². The Balaban J connectivity index is 4.09. The van der Waals surface area contributed by atoms with Crippen molar-refractivity contribution in [2.45, 2.75) is 19.9 Å². The molecule has 0 aliphatic rings. The van der Waals surface area contributed by atoms with E-state index in [1.807, 2.05) is 0 Å². The smallest absolute Gasteiger partial charge is 0.323 e. The summed E-state index contributed by atoms with van der Waals surface area (Å²) in [6.45, 7) is 3.40. The molecule has 12 heavy (non-hydrogen) atoms. The largest absolute Gasteiger partial charge is 0.465 e. The van der Waals surface area contributed by atoms with E-state index in [9.17, 15) is 9.59 Å². The van der Waals surface area contributed by atoms with Gasteiger partial charge in [-0.2, -0.15) is 0 Å². The van der Waals surface area contributed by atoms with E-state index in [2.05, 4.69) is 4.74 Å². The fraction of sp³-hybridized carbons (Fsp3) is 0.714. The monoisotopic (exact) mass is 174 g/mol. The molecule has 0 fully saturated rings. The molecule has 0 saturated carbocycles. The van der Waals surface area contributed by atoms with Crippen molar-refractivity contribution in [3.05, 3.63) is 0 Å². The molecule has 0 heterocycles. The number of hydrogen-bond acceptors (Lipinski definition) is 4. The van der Waals surface area contributed by atoms with E-state index in [1.54, 1.807) is 6.92 Å². The molecule has 0 aromatic heterocycles. The molecule has 70 valence electrons. The summed E-state index contributed by atoms with van der Waals surface area (Å²) < 4.78 is 4.60. The first-order valence-electron chi connectivity index (χ1n) is 3.72. The molecule has 0 aromatic rings.